The number of amides is 1. The predicted molar refractivity (Wildman–Crippen MR) is 58.2 cm³/mol. The van der Waals surface area contributed by atoms with Crippen LogP contribution in [0.4, 0.5) is 0 Å². The van der Waals surface area contributed by atoms with Crippen LogP contribution in [0.25, 0.3) is 0 Å². The van der Waals surface area contributed by atoms with Gasteiger partial charge in [0.05, 0.1) is 12.6 Å². The van der Waals surface area contributed by atoms with Gasteiger partial charge in [0, 0.05) is 14.2 Å². The molecule has 0 radical (unpaired) electrons. The van der Waals surface area contributed by atoms with Gasteiger partial charge in [-0.15, -0.1) is 0 Å². The van der Waals surface area contributed by atoms with Crippen LogP contribution in [0.1, 0.15) is 20.3 Å². The SMILES string of the molecule is COC(CNC(=O)[C@@H](N)CC(C)C)OC. The summed E-state index contributed by atoms with van der Waals surface area (Å²) in [6, 6.07) is -0.459. The molecule has 0 saturated carbocycles. The molecule has 1 atom stereocenters. The molecule has 0 unspecified atom stereocenters. The van der Waals surface area contributed by atoms with Crippen molar-refractivity contribution in [3.05, 3.63) is 0 Å². The van der Waals surface area contributed by atoms with Crippen molar-refractivity contribution in [2.24, 2.45) is 11.7 Å². The third-order valence-electron chi connectivity index (χ3n) is 2.03. The van der Waals surface area contributed by atoms with E-state index < -0.39 is 12.3 Å². The van der Waals surface area contributed by atoms with E-state index in [4.69, 9.17) is 15.2 Å². The summed E-state index contributed by atoms with van der Waals surface area (Å²) in [5, 5.41) is 2.68. The molecule has 0 heterocycles. The maximum atomic E-state index is 11.5. The number of hydrogen-bond donors (Lipinski definition) is 2. The van der Waals surface area contributed by atoms with E-state index in [1.807, 2.05) is 13.8 Å². The number of hydrogen-bond acceptors (Lipinski definition) is 4. The molecule has 0 rings (SSSR count). The van der Waals surface area contributed by atoms with Gasteiger partial charge in [-0.1, -0.05) is 13.8 Å². The van der Waals surface area contributed by atoms with Crippen molar-refractivity contribution < 1.29 is 14.3 Å². The molecule has 0 aliphatic rings. The van der Waals surface area contributed by atoms with Crippen molar-refractivity contribution in [2.45, 2.75) is 32.6 Å². The van der Waals surface area contributed by atoms with E-state index in [-0.39, 0.29) is 5.91 Å². The second-order valence-electron chi connectivity index (χ2n) is 3.88. The Morgan fingerprint density at radius 1 is 1.33 bits per heavy atom. The minimum absolute atomic E-state index is 0.164. The van der Waals surface area contributed by atoms with E-state index in [9.17, 15) is 4.79 Å². The highest BCUT2D eigenvalue weighted by Crippen LogP contribution is 2.02. The first-order chi connectivity index (χ1) is 7.01. The van der Waals surface area contributed by atoms with Crippen molar-refractivity contribution >= 4 is 5.91 Å². The Hall–Kier alpha value is -0.650. The summed E-state index contributed by atoms with van der Waals surface area (Å²) in [4.78, 5) is 11.5. The third-order valence-corrected chi connectivity index (χ3v) is 2.03. The molecule has 15 heavy (non-hydrogen) atoms. The maximum absolute atomic E-state index is 11.5. The van der Waals surface area contributed by atoms with Gasteiger partial charge in [-0.05, 0) is 12.3 Å². The molecule has 0 aliphatic carbocycles. The number of carbonyl (C=O) groups excluding carboxylic acids is 1. The highest BCUT2D eigenvalue weighted by Gasteiger charge is 2.16. The zero-order chi connectivity index (χ0) is 11.8. The fourth-order valence-electron chi connectivity index (χ4n) is 1.19. The van der Waals surface area contributed by atoms with Gasteiger partial charge in [-0.25, -0.2) is 0 Å². The van der Waals surface area contributed by atoms with Crippen molar-refractivity contribution in [3.8, 4) is 0 Å². The third kappa shape index (κ3) is 6.43. The average Bonchev–Trinajstić information content (AvgIpc) is 2.18. The minimum Gasteiger partial charge on any atom is -0.354 e. The van der Waals surface area contributed by atoms with E-state index >= 15 is 0 Å². The molecule has 3 N–H and O–H groups in total. The fraction of sp³-hybridized carbons (Fsp3) is 0.900. The topological polar surface area (TPSA) is 73.6 Å². The highest BCUT2D eigenvalue weighted by molar-refractivity contribution is 5.81. The highest BCUT2D eigenvalue weighted by atomic mass is 16.7. The van der Waals surface area contributed by atoms with Gasteiger partial charge >= 0.3 is 0 Å². The van der Waals surface area contributed by atoms with Gasteiger partial charge in [-0.2, -0.15) is 0 Å². The molecule has 0 aromatic rings. The van der Waals surface area contributed by atoms with E-state index in [1.165, 1.54) is 14.2 Å². The van der Waals surface area contributed by atoms with Crippen LogP contribution in [0.15, 0.2) is 0 Å². The lowest BCUT2D eigenvalue weighted by Gasteiger charge is -2.17. The number of nitrogens with two attached hydrogens (primary N) is 1. The van der Waals surface area contributed by atoms with Crippen LogP contribution < -0.4 is 11.1 Å². The standard InChI is InChI=1S/C10H22N2O3/c1-7(2)5-8(11)10(13)12-6-9(14-3)15-4/h7-9H,5-6,11H2,1-4H3,(H,12,13)/t8-/m0/s1. The Balaban J connectivity index is 3.81. The first-order valence-corrected chi connectivity index (χ1v) is 5.10. The fourth-order valence-corrected chi connectivity index (χ4v) is 1.19. The minimum atomic E-state index is -0.459. The second-order valence-corrected chi connectivity index (χ2v) is 3.88. The molecule has 0 aromatic heterocycles. The van der Waals surface area contributed by atoms with Crippen LogP contribution in [0.3, 0.4) is 0 Å². The van der Waals surface area contributed by atoms with Crippen LogP contribution in [0.2, 0.25) is 0 Å². The van der Waals surface area contributed by atoms with E-state index in [1.54, 1.807) is 0 Å². The summed E-state index contributed by atoms with van der Waals surface area (Å²) >= 11 is 0. The monoisotopic (exact) mass is 218 g/mol. The Bertz CT molecular complexity index is 182. The van der Waals surface area contributed by atoms with Gasteiger partial charge in [0.2, 0.25) is 5.91 Å². The van der Waals surface area contributed by atoms with Gasteiger partial charge < -0.3 is 20.5 Å². The van der Waals surface area contributed by atoms with Crippen LogP contribution >= 0.6 is 0 Å². The summed E-state index contributed by atoms with van der Waals surface area (Å²) < 4.78 is 9.87. The number of ether oxygens (including phenoxy) is 2. The summed E-state index contributed by atoms with van der Waals surface area (Å²) in [5.74, 6) is 0.245. The Kier molecular flexibility index (Phi) is 7.29. The van der Waals surface area contributed by atoms with Crippen molar-refractivity contribution in [1.82, 2.24) is 5.32 Å². The second kappa shape index (κ2) is 7.62. The molecule has 0 spiro atoms. The van der Waals surface area contributed by atoms with Gasteiger partial charge in [0.1, 0.15) is 0 Å². The number of carbonyl (C=O) groups is 1. The van der Waals surface area contributed by atoms with Gasteiger partial charge in [0.15, 0.2) is 6.29 Å². The Morgan fingerprint density at radius 3 is 2.27 bits per heavy atom. The van der Waals surface area contributed by atoms with Gasteiger partial charge in [-0.3, -0.25) is 4.79 Å². The molecule has 90 valence electrons. The maximum Gasteiger partial charge on any atom is 0.237 e. The zero-order valence-electron chi connectivity index (χ0n) is 9.95. The first-order valence-electron chi connectivity index (χ1n) is 5.10. The molecule has 5 heteroatoms. The first kappa shape index (κ1) is 14.3. The van der Waals surface area contributed by atoms with Crippen molar-refractivity contribution in [2.75, 3.05) is 20.8 Å². The number of methoxy groups -OCH3 is 2. The molecular formula is C10H22N2O3. The Labute approximate surface area is 91.3 Å². The van der Waals surface area contributed by atoms with Crippen LogP contribution in [0, 0.1) is 5.92 Å². The molecule has 5 nitrogen and oxygen atoms in total. The van der Waals surface area contributed by atoms with E-state index in [2.05, 4.69) is 5.32 Å². The zero-order valence-corrected chi connectivity index (χ0v) is 9.95. The molecule has 0 aromatic carbocycles. The number of rotatable bonds is 7. The average molecular weight is 218 g/mol. The largest absolute Gasteiger partial charge is 0.354 e. The molecule has 0 saturated heterocycles. The summed E-state index contributed by atoms with van der Waals surface area (Å²) in [7, 11) is 3.04. The van der Waals surface area contributed by atoms with E-state index in [0.29, 0.717) is 18.9 Å². The Morgan fingerprint density at radius 2 is 1.87 bits per heavy atom. The van der Waals surface area contributed by atoms with Crippen LogP contribution in [-0.4, -0.2) is 39.0 Å². The van der Waals surface area contributed by atoms with Crippen molar-refractivity contribution in [1.29, 1.82) is 0 Å². The quantitative estimate of drug-likeness (QED) is 0.594. The number of nitrogens with one attached hydrogen (secondary N) is 1. The lowest BCUT2D eigenvalue weighted by Crippen LogP contribution is -2.44. The van der Waals surface area contributed by atoms with Crippen LogP contribution in [0.5, 0.6) is 0 Å². The summed E-state index contributed by atoms with van der Waals surface area (Å²) in [6.07, 6.45) is 0.261. The molecular weight excluding hydrogens is 196 g/mol. The molecule has 0 bridgehead atoms. The summed E-state index contributed by atoms with van der Waals surface area (Å²) in [6.45, 7) is 4.37. The van der Waals surface area contributed by atoms with Gasteiger partial charge in [0.25, 0.3) is 0 Å². The van der Waals surface area contributed by atoms with Crippen molar-refractivity contribution in [3.63, 3.8) is 0 Å². The van der Waals surface area contributed by atoms with E-state index in [0.717, 1.165) is 0 Å². The lowest BCUT2D eigenvalue weighted by molar-refractivity contribution is -0.128. The molecule has 0 aliphatic heterocycles. The normalized spacial score (nSPS) is 13.3. The predicted octanol–water partition coefficient (Wildman–Crippen LogP) is 0.0949. The molecule has 1 amide bonds. The smallest absolute Gasteiger partial charge is 0.237 e. The lowest BCUT2D eigenvalue weighted by atomic mass is 10.0. The molecule has 0 fully saturated rings. The van der Waals surface area contributed by atoms with Crippen LogP contribution in [-0.2, 0) is 14.3 Å². The summed E-state index contributed by atoms with van der Waals surface area (Å²) in [5.41, 5.74) is 5.69.